The number of carbonyl (C=O) groups excluding carboxylic acids is 2. The highest BCUT2D eigenvalue weighted by atomic mass is 19.1. The minimum absolute atomic E-state index is 0.0155. The Labute approximate surface area is 103 Å². The second-order valence-corrected chi connectivity index (χ2v) is 3.75. The molecule has 1 rings (SSSR count). The zero-order valence-electron chi connectivity index (χ0n) is 9.72. The van der Waals surface area contributed by atoms with Gasteiger partial charge in [-0.15, -0.1) is 0 Å². The normalized spacial score (nSPS) is 9.89. The number of rotatable bonds is 5. The van der Waals surface area contributed by atoms with Crippen molar-refractivity contribution < 1.29 is 23.9 Å². The summed E-state index contributed by atoms with van der Waals surface area (Å²) in [6, 6.07) is 5.92. The van der Waals surface area contributed by atoms with E-state index in [4.69, 9.17) is 5.11 Å². The third-order valence-corrected chi connectivity index (χ3v) is 2.34. The fourth-order valence-corrected chi connectivity index (χ4v) is 1.32. The Bertz CT molecular complexity index is 487. The van der Waals surface area contributed by atoms with E-state index in [0.717, 1.165) is 4.90 Å². The van der Waals surface area contributed by atoms with E-state index in [-0.39, 0.29) is 6.54 Å². The number of amides is 1. The van der Waals surface area contributed by atoms with Crippen molar-refractivity contribution in [2.24, 2.45) is 0 Å². The summed E-state index contributed by atoms with van der Waals surface area (Å²) in [5.41, 5.74) is 0.302. The van der Waals surface area contributed by atoms with Gasteiger partial charge in [0.25, 0.3) is 0 Å². The molecule has 1 amide bonds. The first-order valence-corrected chi connectivity index (χ1v) is 5.15. The van der Waals surface area contributed by atoms with Crippen LogP contribution >= 0.6 is 0 Å². The molecule has 96 valence electrons. The number of ketones is 1. The van der Waals surface area contributed by atoms with Gasteiger partial charge in [-0.05, 0) is 6.07 Å². The van der Waals surface area contributed by atoms with Crippen LogP contribution in [0.5, 0.6) is 0 Å². The lowest BCUT2D eigenvalue weighted by atomic mass is 10.2. The molecule has 0 heterocycles. The molecule has 0 atom stereocenters. The molecule has 0 fully saturated rings. The summed E-state index contributed by atoms with van der Waals surface area (Å²) in [5.74, 6) is -3.95. The van der Waals surface area contributed by atoms with Crippen LogP contribution in [0.2, 0.25) is 0 Å². The Morgan fingerprint density at radius 1 is 1.28 bits per heavy atom. The molecule has 0 unspecified atom stereocenters. The molecule has 5 nitrogen and oxygen atoms in total. The second kappa shape index (κ2) is 5.90. The van der Waals surface area contributed by atoms with Gasteiger partial charge in [0.1, 0.15) is 5.82 Å². The third-order valence-electron chi connectivity index (χ3n) is 2.34. The molecule has 0 bridgehead atoms. The predicted octanol–water partition coefficient (Wildman–Crippen LogP) is 0.828. The van der Waals surface area contributed by atoms with E-state index in [9.17, 15) is 18.8 Å². The second-order valence-electron chi connectivity index (χ2n) is 3.75. The maximum Gasteiger partial charge on any atom is 0.372 e. The lowest BCUT2D eigenvalue weighted by Crippen LogP contribution is -2.30. The van der Waals surface area contributed by atoms with Crippen LogP contribution < -0.4 is 0 Å². The van der Waals surface area contributed by atoms with Gasteiger partial charge >= 0.3 is 5.97 Å². The molecular formula is C12H12FNO4. The van der Waals surface area contributed by atoms with Gasteiger partial charge in [-0.3, -0.25) is 9.59 Å². The fraction of sp³-hybridized carbons (Fsp3) is 0.250. The van der Waals surface area contributed by atoms with Crippen molar-refractivity contribution in [2.45, 2.75) is 13.0 Å². The Balaban J connectivity index is 2.63. The molecule has 0 saturated carbocycles. The number of hydrogen-bond donors (Lipinski definition) is 1. The molecule has 18 heavy (non-hydrogen) atoms. The zero-order valence-corrected chi connectivity index (χ0v) is 9.72. The summed E-state index contributed by atoms with van der Waals surface area (Å²) in [7, 11) is 1.38. The van der Waals surface area contributed by atoms with Crippen molar-refractivity contribution in [3.05, 3.63) is 35.6 Å². The molecule has 1 aromatic carbocycles. The summed E-state index contributed by atoms with van der Waals surface area (Å²) < 4.78 is 13.3. The molecule has 0 saturated heterocycles. The van der Waals surface area contributed by atoms with Gasteiger partial charge in [0, 0.05) is 19.2 Å². The van der Waals surface area contributed by atoms with E-state index in [2.05, 4.69) is 0 Å². The number of carbonyl (C=O) groups is 3. The molecule has 0 aliphatic carbocycles. The van der Waals surface area contributed by atoms with E-state index < -0.39 is 29.9 Å². The Kier molecular flexibility index (Phi) is 4.53. The van der Waals surface area contributed by atoms with Crippen LogP contribution in [0.3, 0.4) is 0 Å². The largest absolute Gasteiger partial charge is 0.475 e. The molecule has 0 aliphatic heterocycles. The van der Waals surface area contributed by atoms with Gasteiger partial charge in [0.15, 0.2) is 0 Å². The average Bonchev–Trinajstić information content (AvgIpc) is 2.31. The number of aliphatic carboxylic acids is 1. The molecule has 0 aliphatic rings. The van der Waals surface area contributed by atoms with Crippen molar-refractivity contribution in [3.63, 3.8) is 0 Å². The smallest absolute Gasteiger partial charge is 0.372 e. The SMILES string of the molecule is CN(Cc1ccccc1F)C(=O)CC(=O)C(=O)O. The monoisotopic (exact) mass is 253 g/mol. The van der Waals surface area contributed by atoms with Crippen LogP contribution in [0.25, 0.3) is 0 Å². The minimum atomic E-state index is -1.65. The number of halogens is 1. The van der Waals surface area contributed by atoms with E-state index in [1.807, 2.05) is 0 Å². The van der Waals surface area contributed by atoms with Gasteiger partial charge in [0.2, 0.25) is 11.7 Å². The zero-order chi connectivity index (χ0) is 13.7. The molecule has 1 N–H and O–H groups in total. The van der Waals surface area contributed by atoms with Crippen molar-refractivity contribution in [1.29, 1.82) is 0 Å². The molecule has 0 spiro atoms. The quantitative estimate of drug-likeness (QED) is 0.623. The molecule has 1 aromatic rings. The first-order chi connectivity index (χ1) is 8.41. The van der Waals surface area contributed by atoms with Gasteiger partial charge < -0.3 is 10.0 Å². The van der Waals surface area contributed by atoms with Gasteiger partial charge in [-0.2, -0.15) is 0 Å². The maximum atomic E-state index is 13.3. The first kappa shape index (κ1) is 13.8. The number of Topliss-reactive ketones (excluding diaryl/α,β-unsaturated/α-hetero) is 1. The summed E-state index contributed by atoms with van der Waals surface area (Å²) in [5, 5.41) is 8.37. The van der Waals surface area contributed by atoms with Gasteiger partial charge in [0.05, 0.1) is 6.42 Å². The first-order valence-electron chi connectivity index (χ1n) is 5.15. The predicted molar refractivity (Wildman–Crippen MR) is 60.1 cm³/mol. The fourth-order valence-electron chi connectivity index (χ4n) is 1.32. The minimum Gasteiger partial charge on any atom is -0.475 e. The topological polar surface area (TPSA) is 74.7 Å². The van der Waals surface area contributed by atoms with Gasteiger partial charge in [-0.25, -0.2) is 9.18 Å². The molecule has 0 aromatic heterocycles. The maximum absolute atomic E-state index is 13.3. The van der Waals surface area contributed by atoms with Crippen molar-refractivity contribution in [3.8, 4) is 0 Å². The number of carboxylic acid groups (broad SMARTS) is 1. The van der Waals surface area contributed by atoms with E-state index in [0.29, 0.717) is 5.56 Å². The number of nitrogens with zero attached hydrogens (tertiary/aromatic N) is 1. The van der Waals surface area contributed by atoms with E-state index in [1.165, 1.54) is 25.2 Å². The number of carboxylic acids is 1. The molecular weight excluding hydrogens is 241 g/mol. The number of benzene rings is 1. The lowest BCUT2D eigenvalue weighted by Gasteiger charge is -2.16. The Morgan fingerprint density at radius 3 is 2.44 bits per heavy atom. The van der Waals surface area contributed by atoms with Crippen LogP contribution in [-0.2, 0) is 20.9 Å². The van der Waals surface area contributed by atoms with Crippen molar-refractivity contribution >= 4 is 17.7 Å². The summed E-state index contributed by atoms with van der Waals surface area (Å²) >= 11 is 0. The Hall–Kier alpha value is -2.24. The highest BCUT2D eigenvalue weighted by Crippen LogP contribution is 2.09. The van der Waals surface area contributed by atoms with Crippen molar-refractivity contribution in [1.82, 2.24) is 4.90 Å². The van der Waals surface area contributed by atoms with Gasteiger partial charge in [-0.1, -0.05) is 18.2 Å². The summed E-state index contributed by atoms with van der Waals surface area (Å²) in [6.07, 6.45) is -0.722. The van der Waals surface area contributed by atoms with Crippen LogP contribution in [0.4, 0.5) is 4.39 Å². The van der Waals surface area contributed by atoms with Crippen LogP contribution in [0.1, 0.15) is 12.0 Å². The molecule has 0 radical (unpaired) electrons. The lowest BCUT2D eigenvalue weighted by molar-refractivity contribution is -0.151. The standard InChI is InChI=1S/C12H12FNO4/c1-14(11(16)6-10(15)12(17)18)7-8-4-2-3-5-9(8)13/h2-5H,6-7H2,1H3,(H,17,18). The van der Waals surface area contributed by atoms with E-state index >= 15 is 0 Å². The third kappa shape index (κ3) is 3.65. The highest BCUT2D eigenvalue weighted by molar-refractivity contribution is 6.36. The van der Waals surface area contributed by atoms with Crippen LogP contribution in [0, 0.1) is 5.82 Å². The van der Waals surface area contributed by atoms with Crippen LogP contribution in [0.15, 0.2) is 24.3 Å². The highest BCUT2D eigenvalue weighted by Gasteiger charge is 2.19. The van der Waals surface area contributed by atoms with Crippen LogP contribution in [-0.4, -0.2) is 34.7 Å². The average molecular weight is 253 g/mol. The van der Waals surface area contributed by atoms with E-state index in [1.54, 1.807) is 6.07 Å². The van der Waals surface area contributed by atoms with Crippen molar-refractivity contribution in [2.75, 3.05) is 7.05 Å². The number of hydrogen-bond acceptors (Lipinski definition) is 3. The molecule has 6 heteroatoms. The Morgan fingerprint density at radius 2 is 1.89 bits per heavy atom. The summed E-state index contributed by atoms with van der Waals surface area (Å²) in [4.78, 5) is 33.7. The summed E-state index contributed by atoms with van der Waals surface area (Å²) in [6.45, 7) is -0.0155.